The molecule has 5 heteroatoms. The molecule has 0 spiro atoms. The summed E-state index contributed by atoms with van der Waals surface area (Å²) in [7, 11) is 0. The number of rotatable bonds is 3. The Bertz CT molecular complexity index is 872. The molecule has 1 aliphatic heterocycles. The summed E-state index contributed by atoms with van der Waals surface area (Å²) in [6, 6.07) is 13.5. The van der Waals surface area contributed by atoms with Crippen molar-refractivity contribution in [2.75, 3.05) is 6.54 Å². The summed E-state index contributed by atoms with van der Waals surface area (Å²) in [5.41, 5.74) is 4.28. The number of fused-ring (bicyclic) bond motifs is 1. The first kappa shape index (κ1) is 15.0. The Morgan fingerprint density at radius 2 is 1.92 bits per heavy atom. The maximum atomic E-state index is 14.2. The van der Waals surface area contributed by atoms with E-state index in [4.69, 9.17) is 0 Å². The second-order valence-electron chi connectivity index (χ2n) is 5.97. The van der Waals surface area contributed by atoms with E-state index in [1.807, 2.05) is 30.3 Å². The molecule has 0 aliphatic carbocycles. The SMILES string of the molecule is Fc1ccc(F)c(-n2nc(Cc3ccccc3)c3c2CCNC3)c1. The second-order valence-corrected chi connectivity index (χ2v) is 5.97. The highest BCUT2D eigenvalue weighted by molar-refractivity contribution is 5.41. The van der Waals surface area contributed by atoms with Crippen LogP contribution in [0.4, 0.5) is 8.78 Å². The predicted molar refractivity (Wildman–Crippen MR) is 88.1 cm³/mol. The third-order valence-corrected chi connectivity index (χ3v) is 4.36. The van der Waals surface area contributed by atoms with E-state index in [9.17, 15) is 8.78 Å². The Labute approximate surface area is 138 Å². The van der Waals surface area contributed by atoms with Crippen LogP contribution in [-0.4, -0.2) is 16.3 Å². The summed E-state index contributed by atoms with van der Waals surface area (Å²) < 4.78 is 29.4. The highest BCUT2D eigenvalue weighted by Gasteiger charge is 2.23. The van der Waals surface area contributed by atoms with Gasteiger partial charge in [0.15, 0.2) is 0 Å². The van der Waals surface area contributed by atoms with E-state index in [0.717, 1.165) is 47.6 Å². The van der Waals surface area contributed by atoms with Crippen LogP contribution in [0.1, 0.15) is 22.5 Å². The minimum Gasteiger partial charge on any atom is -0.312 e. The average Bonchev–Trinajstić information content (AvgIpc) is 2.97. The standard InChI is InChI=1S/C19H17F2N3/c20-14-6-7-16(21)19(11-14)24-18-8-9-22-12-15(18)17(23-24)10-13-4-2-1-3-5-13/h1-7,11,22H,8-10,12H2. The zero-order chi connectivity index (χ0) is 16.5. The van der Waals surface area contributed by atoms with Gasteiger partial charge in [0.25, 0.3) is 0 Å². The van der Waals surface area contributed by atoms with Crippen LogP contribution in [0.3, 0.4) is 0 Å². The first-order chi connectivity index (χ1) is 11.7. The normalized spacial score (nSPS) is 13.8. The molecule has 0 atom stereocenters. The third kappa shape index (κ3) is 2.71. The van der Waals surface area contributed by atoms with Crippen molar-refractivity contribution in [3.63, 3.8) is 0 Å². The molecule has 122 valence electrons. The molecule has 0 fully saturated rings. The molecule has 4 rings (SSSR count). The molecular weight excluding hydrogens is 308 g/mol. The number of halogens is 2. The molecule has 24 heavy (non-hydrogen) atoms. The number of hydrogen-bond donors (Lipinski definition) is 1. The van der Waals surface area contributed by atoms with Gasteiger partial charge >= 0.3 is 0 Å². The Morgan fingerprint density at radius 1 is 1.08 bits per heavy atom. The van der Waals surface area contributed by atoms with Gasteiger partial charge in [-0.25, -0.2) is 13.5 Å². The van der Waals surface area contributed by atoms with Crippen LogP contribution < -0.4 is 5.32 Å². The van der Waals surface area contributed by atoms with E-state index in [2.05, 4.69) is 10.4 Å². The van der Waals surface area contributed by atoms with Crippen molar-refractivity contribution < 1.29 is 8.78 Å². The lowest BCUT2D eigenvalue weighted by molar-refractivity contribution is 0.575. The maximum absolute atomic E-state index is 14.2. The van der Waals surface area contributed by atoms with Crippen LogP contribution in [-0.2, 0) is 19.4 Å². The van der Waals surface area contributed by atoms with E-state index >= 15 is 0 Å². The Hall–Kier alpha value is -2.53. The largest absolute Gasteiger partial charge is 0.312 e. The molecule has 1 aliphatic rings. The van der Waals surface area contributed by atoms with Crippen LogP contribution in [0.5, 0.6) is 0 Å². The fourth-order valence-electron chi connectivity index (χ4n) is 3.20. The number of aromatic nitrogens is 2. The molecule has 2 aromatic carbocycles. The molecule has 3 nitrogen and oxygen atoms in total. The highest BCUT2D eigenvalue weighted by atomic mass is 19.1. The molecule has 1 N–H and O–H groups in total. The zero-order valence-corrected chi connectivity index (χ0v) is 13.1. The predicted octanol–water partition coefficient (Wildman–Crippen LogP) is 3.39. The monoisotopic (exact) mass is 325 g/mol. The molecule has 0 radical (unpaired) electrons. The summed E-state index contributed by atoms with van der Waals surface area (Å²) in [5, 5.41) is 7.97. The maximum Gasteiger partial charge on any atom is 0.149 e. The summed E-state index contributed by atoms with van der Waals surface area (Å²) in [6.07, 6.45) is 1.42. The van der Waals surface area contributed by atoms with E-state index in [-0.39, 0.29) is 5.69 Å². The van der Waals surface area contributed by atoms with Crippen LogP contribution in [0, 0.1) is 11.6 Å². The van der Waals surface area contributed by atoms with Crippen molar-refractivity contribution in [1.29, 1.82) is 0 Å². The van der Waals surface area contributed by atoms with Crippen molar-refractivity contribution in [2.45, 2.75) is 19.4 Å². The molecule has 0 saturated heterocycles. The summed E-state index contributed by atoms with van der Waals surface area (Å²) in [6.45, 7) is 1.51. The van der Waals surface area contributed by atoms with E-state index in [1.54, 1.807) is 4.68 Å². The average molecular weight is 325 g/mol. The lowest BCUT2D eigenvalue weighted by Crippen LogP contribution is -2.25. The molecular formula is C19H17F2N3. The van der Waals surface area contributed by atoms with Crippen molar-refractivity contribution in [3.8, 4) is 5.69 Å². The Balaban J connectivity index is 1.82. The van der Waals surface area contributed by atoms with E-state index in [0.29, 0.717) is 13.0 Å². The molecule has 1 aromatic heterocycles. The van der Waals surface area contributed by atoms with Crippen LogP contribution >= 0.6 is 0 Å². The van der Waals surface area contributed by atoms with Crippen molar-refractivity contribution in [2.24, 2.45) is 0 Å². The number of hydrogen-bond acceptors (Lipinski definition) is 2. The quantitative estimate of drug-likeness (QED) is 0.800. The zero-order valence-electron chi connectivity index (χ0n) is 13.1. The molecule has 3 aromatic rings. The first-order valence-corrected chi connectivity index (χ1v) is 8.02. The fourth-order valence-corrected chi connectivity index (χ4v) is 3.20. The summed E-state index contributed by atoms with van der Waals surface area (Å²) >= 11 is 0. The Morgan fingerprint density at radius 3 is 2.75 bits per heavy atom. The lowest BCUT2D eigenvalue weighted by Gasteiger charge is -2.16. The van der Waals surface area contributed by atoms with Crippen molar-refractivity contribution in [1.82, 2.24) is 15.1 Å². The van der Waals surface area contributed by atoms with Crippen LogP contribution in [0.25, 0.3) is 5.69 Å². The second kappa shape index (κ2) is 6.17. The number of nitrogens with one attached hydrogen (secondary N) is 1. The smallest absolute Gasteiger partial charge is 0.149 e. The first-order valence-electron chi connectivity index (χ1n) is 8.02. The topological polar surface area (TPSA) is 29.9 Å². The van der Waals surface area contributed by atoms with Gasteiger partial charge in [0.05, 0.1) is 11.4 Å². The molecule has 0 amide bonds. The van der Waals surface area contributed by atoms with Gasteiger partial charge in [-0.05, 0) is 17.7 Å². The lowest BCUT2D eigenvalue weighted by atomic mass is 10.0. The van der Waals surface area contributed by atoms with Crippen LogP contribution in [0.15, 0.2) is 48.5 Å². The van der Waals surface area contributed by atoms with E-state index in [1.165, 1.54) is 6.07 Å². The minimum absolute atomic E-state index is 0.174. The van der Waals surface area contributed by atoms with Gasteiger partial charge < -0.3 is 5.32 Å². The molecule has 2 heterocycles. The third-order valence-electron chi connectivity index (χ3n) is 4.36. The fraction of sp³-hybridized carbons (Fsp3) is 0.211. The molecule has 0 bridgehead atoms. The molecule has 0 saturated carbocycles. The van der Waals surface area contributed by atoms with Gasteiger partial charge in [0.2, 0.25) is 0 Å². The van der Waals surface area contributed by atoms with E-state index < -0.39 is 11.6 Å². The summed E-state index contributed by atoms with van der Waals surface area (Å²) in [4.78, 5) is 0. The summed E-state index contributed by atoms with van der Waals surface area (Å²) in [5.74, 6) is -0.930. The van der Waals surface area contributed by atoms with Gasteiger partial charge in [-0.1, -0.05) is 30.3 Å². The van der Waals surface area contributed by atoms with Crippen LogP contribution in [0.2, 0.25) is 0 Å². The minimum atomic E-state index is -0.466. The number of nitrogens with zero attached hydrogens (tertiary/aromatic N) is 2. The van der Waals surface area contributed by atoms with Gasteiger partial charge in [0, 0.05) is 37.6 Å². The van der Waals surface area contributed by atoms with Gasteiger partial charge in [-0.2, -0.15) is 5.10 Å². The Kier molecular flexibility index (Phi) is 3.86. The van der Waals surface area contributed by atoms with Gasteiger partial charge in [-0.3, -0.25) is 0 Å². The van der Waals surface area contributed by atoms with Gasteiger partial charge in [-0.15, -0.1) is 0 Å². The molecule has 0 unspecified atom stereocenters. The van der Waals surface area contributed by atoms with Crippen molar-refractivity contribution >= 4 is 0 Å². The highest BCUT2D eigenvalue weighted by Crippen LogP contribution is 2.25. The number of benzene rings is 2. The van der Waals surface area contributed by atoms with Gasteiger partial charge in [0.1, 0.15) is 17.3 Å². The van der Waals surface area contributed by atoms with Crippen molar-refractivity contribution in [3.05, 3.63) is 82.7 Å².